The molecule has 162 valence electrons. The van der Waals surface area contributed by atoms with Crippen LogP contribution in [0.15, 0.2) is 65.1 Å². The third-order valence-electron chi connectivity index (χ3n) is 4.85. The van der Waals surface area contributed by atoms with Crippen LogP contribution >= 0.6 is 11.6 Å². The van der Waals surface area contributed by atoms with Gasteiger partial charge in [-0.2, -0.15) is 0 Å². The van der Waals surface area contributed by atoms with E-state index in [1.807, 2.05) is 66.5 Å². The van der Waals surface area contributed by atoms with Crippen molar-refractivity contribution in [2.45, 2.75) is 19.5 Å². The molecule has 0 fully saturated rings. The Bertz CT molecular complexity index is 1030. The van der Waals surface area contributed by atoms with Crippen LogP contribution in [0.25, 0.3) is 0 Å². The molecule has 2 aromatic carbocycles. The van der Waals surface area contributed by atoms with Crippen LogP contribution in [0.4, 0.5) is 0 Å². The number of nitrogens with one attached hydrogen (secondary N) is 1. The number of ether oxygens (including phenoxy) is 1. The van der Waals surface area contributed by atoms with E-state index in [0.717, 1.165) is 11.1 Å². The molecule has 1 heterocycles. The van der Waals surface area contributed by atoms with Crippen LogP contribution in [0.5, 0.6) is 0 Å². The Balaban J connectivity index is 1.68. The molecule has 0 aliphatic rings. The van der Waals surface area contributed by atoms with E-state index in [0.29, 0.717) is 28.7 Å². The van der Waals surface area contributed by atoms with Gasteiger partial charge in [0.2, 0.25) is 5.91 Å². The molecule has 1 amide bonds. The van der Waals surface area contributed by atoms with Crippen LogP contribution in [-0.4, -0.2) is 37.5 Å². The van der Waals surface area contributed by atoms with Gasteiger partial charge in [0, 0.05) is 5.02 Å². The van der Waals surface area contributed by atoms with Crippen LogP contribution in [0, 0.1) is 6.92 Å². The number of nitrogens with zero attached hydrogens (tertiary/aromatic N) is 1. The smallest absolute Gasteiger partial charge is 0.341 e. The van der Waals surface area contributed by atoms with Gasteiger partial charge >= 0.3 is 5.97 Å². The molecule has 6 nitrogen and oxygen atoms in total. The molecule has 31 heavy (non-hydrogen) atoms. The summed E-state index contributed by atoms with van der Waals surface area (Å²) in [5.41, 5.74) is 2.31. The van der Waals surface area contributed by atoms with Crippen molar-refractivity contribution in [1.82, 2.24) is 10.2 Å². The maximum absolute atomic E-state index is 12.8. The van der Waals surface area contributed by atoms with Crippen molar-refractivity contribution in [3.05, 3.63) is 93.9 Å². The highest BCUT2D eigenvalue weighted by atomic mass is 35.5. The van der Waals surface area contributed by atoms with E-state index in [4.69, 9.17) is 20.8 Å². The summed E-state index contributed by atoms with van der Waals surface area (Å²) in [6.07, 6.45) is 0. The number of esters is 1. The SMILES string of the molecule is COC(=O)c1cc(CN(C)CC(=O)NC(c2ccccc2)c2ccc(Cl)cc2)oc1C. The summed E-state index contributed by atoms with van der Waals surface area (Å²) < 4.78 is 10.4. The zero-order valence-corrected chi connectivity index (χ0v) is 18.5. The molecule has 1 atom stereocenters. The number of amides is 1. The number of carbonyl (C=O) groups excluding carboxylic acids is 2. The van der Waals surface area contributed by atoms with Gasteiger partial charge in [-0.25, -0.2) is 4.79 Å². The Labute approximate surface area is 186 Å². The molecule has 7 heteroatoms. The summed E-state index contributed by atoms with van der Waals surface area (Å²) >= 11 is 6.02. The molecule has 3 aromatic rings. The van der Waals surface area contributed by atoms with Gasteiger partial charge in [0.1, 0.15) is 17.1 Å². The first-order valence-corrected chi connectivity index (χ1v) is 10.2. The third kappa shape index (κ3) is 5.96. The first-order valence-electron chi connectivity index (χ1n) is 9.83. The molecule has 3 rings (SSSR count). The van der Waals surface area contributed by atoms with Crippen LogP contribution in [-0.2, 0) is 16.1 Å². The Hall–Kier alpha value is -3.09. The van der Waals surface area contributed by atoms with Gasteiger partial charge in [0.15, 0.2) is 0 Å². The van der Waals surface area contributed by atoms with Crippen LogP contribution in [0.1, 0.15) is 39.0 Å². The Morgan fingerprint density at radius 1 is 1.10 bits per heavy atom. The second-order valence-corrected chi connectivity index (χ2v) is 7.75. The molecule has 1 aromatic heterocycles. The van der Waals surface area contributed by atoms with Crippen molar-refractivity contribution in [3.63, 3.8) is 0 Å². The third-order valence-corrected chi connectivity index (χ3v) is 5.11. The lowest BCUT2D eigenvalue weighted by atomic mass is 9.98. The lowest BCUT2D eigenvalue weighted by Crippen LogP contribution is -2.37. The largest absolute Gasteiger partial charge is 0.465 e. The van der Waals surface area contributed by atoms with E-state index in [2.05, 4.69) is 5.32 Å². The summed E-state index contributed by atoms with van der Waals surface area (Å²) in [7, 11) is 3.14. The summed E-state index contributed by atoms with van der Waals surface area (Å²) in [4.78, 5) is 26.4. The second-order valence-electron chi connectivity index (χ2n) is 7.31. The Kier molecular flexibility index (Phi) is 7.50. The van der Waals surface area contributed by atoms with Gasteiger partial charge in [-0.15, -0.1) is 0 Å². The van der Waals surface area contributed by atoms with Gasteiger partial charge in [-0.3, -0.25) is 9.69 Å². The fraction of sp³-hybridized carbons (Fsp3) is 0.250. The average Bonchev–Trinajstić information content (AvgIpc) is 3.12. The van der Waals surface area contributed by atoms with Gasteiger partial charge < -0.3 is 14.5 Å². The first kappa shape index (κ1) is 22.6. The summed E-state index contributed by atoms with van der Waals surface area (Å²) in [5, 5.41) is 3.74. The quantitative estimate of drug-likeness (QED) is 0.527. The molecular weight excluding hydrogens is 416 g/mol. The van der Waals surface area contributed by atoms with E-state index >= 15 is 0 Å². The second kappa shape index (κ2) is 10.3. The summed E-state index contributed by atoms with van der Waals surface area (Å²) in [6, 6.07) is 18.6. The average molecular weight is 441 g/mol. The minimum Gasteiger partial charge on any atom is -0.465 e. The summed E-state index contributed by atoms with van der Waals surface area (Å²) in [5.74, 6) is 0.501. The van der Waals surface area contributed by atoms with E-state index in [-0.39, 0.29) is 18.5 Å². The van der Waals surface area contributed by atoms with E-state index < -0.39 is 5.97 Å². The summed E-state index contributed by atoms with van der Waals surface area (Å²) in [6.45, 7) is 2.24. The molecule has 0 saturated carbocycles. The maximum atomic E-state index is 12.8. The number of benzene rings is 2. The highest BCUT2D eigenvalue weighted by molar-refractivity contribution is 6.30. The normalized spacial score (nSPS) is 11.9. The highest BCUT2D eigenvalue weighted by Gasteiger charge is 2.20. The predicted octanol–water partition coefficient (Wildman–Crippen LogP) is 4.37. The number of rotatable bonds is 8. The monoisotopic (exact) mass is 440 g/mol. The van der Waals surface area contributed by atoms with Crippen molar-refractivity contribution in [3.8, 4) is 0 Å². The fourth-order valence-corrected chi connectivity index (χ4v) is 3.49. The fourth-order valence-electron chi connectivity index (χ4n) is 3.37. The van der Waals surface area contributed by atoms with Crippen molar-refractivity contribution in [1.29, 1.82) is 0 Å². The molecule has 0 radical (unpaired) electrons. The van der Waals surface area contributed by atoms with Gasteiger partial charge in [-0.1, -0.05) is 54.1 Å². The Morgan fingerprint density at radius 3 is 2.39 bits per heavy atom. The first-order chi connectivity index (χ1) is 14.9. The molecular formula is C24H25ClN2O4. The number of hydrogen-bond acceptors (Lipinski definition) is 5. The zero-order valence-electron chi connectivity index (χ0n) is 17.7. The number of carbonyl (C=O) groups is 2. The number of aryl methyl sites for hydroxylation is 1. The molecule has 1 N–H and O–H groups in total. The molecule has 0 saturated heterocycles. The van der Waals surface area contributed by atoms with E-state index in [1.54, 1.807) is 13.0 Å². The number of likely N-dealkylation sites (N-methyl/N-ethyl adjacent to an activating group) is 1. The minimum absolute atomic E-state index is 0.136. The van der Waals surface area contributed by atoms with Crippen molar-refractivity contribution >= 4 is 23.5 Å². The van der Waals surface area contributed by atoms with E-state index in [9.17, 15) is 9.59 Å². The molecule has 1 unspecified atom stereocenters. The highest BCUT2D eigenvalue weighted by Crippen LogP contribution is 2.23. The number of furan rings is 1. The standard InChI is InChI=1S/C24H25ClN2O4/c1-16-21(24(29)30-3)13-20(31-16)14-27(2)15-22(28)26-23(17-7-5-4-6-8-17)18-9-11-19(25)12-10-18/h4-13,23H,14-15H2,1-3H3,(H,26,28). The van der Waals surface area contributed by atoms with Crippen LogP contribution in [0.2, 0.25) is 5.02 Å². The Morgan fingerprint density at radius 2 is 1.74 bits per heavy atom. The lowest BCUT2D eigenvalue weighted by Gasteiger charge is -2.22. The van der Waals surface area contributed by atoms with Gasteiger partial charge in [0.05, 0.1) is 26.2 Å². The molecule has 0 aliphatic carbocycles. The minimum atomic E-state index is -0.443. The molecule has 0 bridgehead atoms. The van der Waals surface area contributed by atoms with E-state index in [1.165, 1.54) is 7.11 Å². The zero-order chi connectivity index (χ0) is 22.4. The number of hydrogen-bond donors (Lipinski definition) is 1. The lowest BCUT2D eigenvalue weighted by molar-refractivity contribution is -0.122. The van der Waals surface area contributed by atoms with Gasteiger partial charge in [-0.05, 0) is 43.3 Å². The number of methoxy groups -OCH3 is 1. The maximum Gasteiger partial charge on any atom is 0.341 e. The van der Waals surface area contributed by atoms with Crippen LogP contribution in [0.3, 0.4) is 0 Å². The molecule has 0 spiro atoms. The van der Waals surface area contributed by atoms with Gasteiger partial charge in [0.25, 0.3) is 0 Å². The number of halogens is 1. The van der Waals surface area contributed by atoms with Crippen molar-refractivity contribution in [2.24, 2.45) is 0 Å². The topological polar surface area (TPSA) is 71.8 Å². The predicted molar refractivity (Wildman–Crippen MR) is 119 cm³/mol. The van der Waals surface area contributed by atoms with Crippen molar-refractivity contribution in [2.75, 3.05) is 20.7 Å². The van der Waals surface area contributed by atoms with Crippen LogP contribution < -0.4 is 5.32 Å². The van der Waals surface area contributed by atoms with Crippen molar-refractivity contribution < 1.29 is 18.7 Å². The molecule has 0 aliphatic heterocycles.